The second kappa shape index (κ2) is 6.45. The Kier molecular flexibility index (Phi) is 4.63. The van der Waals surface area contributed by atoms with Gasteiger partial charge in [0.1, 0.15) is 21.8 Å². The van der Waals surface area contributed by atoms with Crippen molar-refractivity contribution in [2.75, 3.05) is 0 Å². The highest BCUT2D eigenvalue weighted by molar-refractivity contribution is 8.02. The minimum Gasteiger partial charge on any atom is -0.401 e. The fourth-order valence-electron chi connectivity index (χ4n) is 1.82. The van der Waals surface area contributed by atoms with Crippen LogP contribution < -0.4 is 0 Å². The number of hydrogen-bond acceptors (Lipinski definition) is 6. The van der Waals surface area contributed by atoms with Crippen molar-refractivity contribution in [1.82, 2.24) is 4.98 Å². The summed E-state index contributed by atoms with van der Waals surface area (Å²) in [4.78, 5) is 14.4. The number of nitro groups is 1. The molecule has 0 unspecified atom stereocenters. The molecular weight excluding hydrogens is 302 g/mol. The average Bonchev–Trinajstić information content (AvgIpc) is 2.94. The van der Waals surface area contributed by atoms with Gasteiger partial charge in [-0.25, -0.2) is 4.98 Å². The van der Waals surface area contributed by atoms with Crippen LogP contribution in [-0.4, -0.2) is 9.91 Å². The van der Waals surface area contributed by atoms with Gasteiger partial charge in [0.15, 0.2) is 0 Å². The third kappa shape index (κ3) is 3.18. The van der Waals surface area contributed by atoms with Crippen LogP contribution in [0.15, 0.2) is 27.0 Å². The third-order valence-electron chi connectivity index (χ3n) is 3.28. The van der Waals surface area contributed by atoms with Gasteiger partial charge in [0.2, 0.25) is 0 Å². The smallest absolute Gasteiger partial charge is 0.401 e. The van der Waals surface area contributed by atoms with Crippen LogP contribution in [0.4, 0.5) is 5.88 Å². The first kappa shape index (κ1) is 15.8. The fourth-order valence-corrected chi connectivity index (χ4v) is 2.66. The number of thioether (sulfide) groups is 1. The van der Waals surface area contributed by atoms with Crippen LogP contribution in [-0.2, 0) is 0 Å². The molecule has 6 nitrogen and oxygen atoms in total. The summed E-state index contributed by atoms with van der Waals surface area (Å²) in [6.07, 6.45) is 1.60. The molecule has 112 valence electrons. The van der Waals surface area contributed by atoms with Gasteiger partial charge in [-0.05, 0) is 49.4 Å². The van der Waals surface area contributed by atoms with Gasteiger partial charge in [-0.15, -0.1) is 0 Å². The molecule has 0 radical (unpaired) electrons. The van der Waals surface area contributed by atoms with Crippen LogP contribution in [0.25, 0.3) is 6.08 Å². The highest BCUT2D eigenvalue weighted by atomic mass is 32.2. The largest absolute Gasteiger partial charge is 0.433 e. The first-order valence-corrected chi connectivity index (χ1v) is 7.27. The Bertz CT molecular complexity index is 803. The normalized spacial score (nSPS) is 10.8. The quantitative estimate of drug-likeness (QED) is 0.478. The van der Waals surface area contributed by atoms with E-state index in [2.05, 4.69) is 11.1 Å². The van der Waals surface area contributed by atoms with Crippen molar-refractivity contribution in [2.24, 2.45) is 0 Å². The van der Waals surface area contributed by atoms with E-state index in [4.69, 9.17) is 4.42 Å². The maximum Gasteiger partial charge on any atom is 0.433 e. The Morgan fingerprint density at radius 1 is 1.36 bits per heavy atom. The molecule has 0 N–H and O–H groups in total. The molecule has 0 atom stereocenters. The van der Waals surface area contributed by atoms with Crippen molar-refractivity contribution in [1.29, 1.82) is 5.26 Å². The van der Waals surface area contributed by atoms with Crippen LogP contribution in [0, 0.1) is 42.2 Å². The molecule has 2 aromatic rings. The van der Waals surface area contributed by atoms with E-state index < -0.39 is 4.92 Å². The number of nitrogens with zero attached hydrogens (tertiary/aromatic N) is 3. The highest BCUT2D eigenvalue weighted by Gasteiger charge is 2.12. The Balaban J connectivity index is 2.22. The number of hydrogen-bond donors (Lipinski definition) is 0. The van der Waals surface area contributed by atoms with Crippen molar-refractivity contribution < 1.29 is 9.34 Å². The molecule has 2 aromatic heterocycles. The van der Waals surface area contributed by atoms with E-state index in [1.165, 1.54) is 23.9 Å². The Morgan fingerprint density at radius 3 is 2.68 bits per heavy atom. The van der Waals surface area contributed by atoms with Crippen molar-refractivity contribution in [3.8, 4) is 6.07 Å². The maximum absolute atomic E-state index is 10.5. The van der Waals surface area contributed by atoms with Crippen molar-refractivity contribution in [2.45, 2.75) is 25.8 Å². The predicted molar refractivity (Wildman–Crippen MR) is 83.4 cm³/mol. The molecule has 0 aliphatic rings. The van der Waals surface area contributed by atoms with Crippen LogP contribution >= 0.6 is 11.8 Å². The number of aryl methyl sites for hydroxylation is 1. The van der Waals surface area contributed by atoms with E-state index in [0.29, 0.717) is 16.3 Å². The zero-order chi connectivity index (χ0) is 16.3. The van der Waals surface area contributed by atoms with E-state index in [1.54, 1.807) is 11.5 Å². The van der Waals surface area contributed by atoms with Crippen LogP contribution in [0.5, 0.6) is 0 Å². The Morgan fingerprint density at radius 2 is 2.09 bits per heavy atom. The molecule has 0 aliphatic heterocycles. The average molecular weight is 315 g/mol. The molecular formula is C15H13N3O3S. The number of aromatic nitrogens is 1. The number of rotatable bonds is 4. The predicted octanol–water partition coefficient (Wildman–Crippen LogP) is 4.14. The maximum atomic E-state index is 10.5. The van der Waals surface area contributed by atoms with E-state index >= 15 is 0 Å². The first-order chi connectivity index (χ1) is 10.4. The van der Waals surface area contributed by atoms with Gasteiger partial charge in [-0.1, -0.05) is 11.8 Å². The van der Waals surface area contributed by atoms with Crippen molar-refractivity contribution in [3.05, 3.63) is 55.8 Å². The molecule has 0 aromatic carbocycles. The molecule has 0 fully saturated rings. The van der Waals surface area contributed by atoms with Gasteiger partial charge in [-0.2, -0.15) is 5.26 Å². The van der Waals surface area contributed by atoms with Gasteiger partial charge in [0.25, 0.3) is 0 Å². The second-order valence-corrected chi connectivity index (χ2v) is 5.49. The topological polar surface area (TPSA) is 93.0 Å². The monoisotopic (exact) mass is 315 g/mol. The lowest BCUT2D eigenvalue weighted by atomic mass is 10.1. The van der Waals surface area contributed by atoms with Crippen molar-refractivity contribution >= 4 is 23.7 Å². The SMILES string of the molecule is Cc1nc(S/C=C/c2ccc([N+](=O)[O-])o2)c(C#N)c(C)c1C. The standard InChI is InChI=1S/C15H13N3O3S/c1-9-10(2)13(8-16)15(17-11(9)3)22-7-6-12-4-5-14(21-12)18(19)20/h4-7H,1-3H3/b7-6+. The van der Waals surface area contributed by atoms with E-state index in [1.807, 2.05) is 20.8 Å². The second-order valence-electron chi connectivity index (χ2n) is 4.59. The lowest BCUT2D eigenvalue weighted by molar-refractivity contribution is -0.402. The Hall–Kier alpha value is -2.59. The summed E-state index contributed by atoms with van der Waals surface area (Å²) in [5, 5.41) is 22.1. The van der Waals surface area contributed by atoms with Crippen LogP contribution in [0.2, 0.25) is 0 Å². The van der Waals surface area contributed by atoms with Gasteiger partial charge in [0.05, 0.1) is 11.6 Å². The van der Waals surface area contributed by atoms with E-state index in [-0.39, 0.29) is 5.88 Å². The summed E-state index contributed by atoms with van der Waals surface area (Å²) in [6.45, 7) is 5.73. The molecule has 0 bridgehead atoms. The fraction of sp³-hybridized carbons (Fsp3) is 0.200. The molecule has 0 spiro atoms. The van der Waals surface area contributed by atoms with Gasteiger partial charge in [-0.3, -0.25) is 10.1 Å². The first-order valence-electron chi connectivity index (χ1n) is 6.39. The van der Waals surface area contributed by atoms with Crippen LogP contribution in [0.3, 0.4) is 0 Å². The van der Waals surface area contributed by atoms with Gasteiger partial charge < -0.3 is 4.42 Å². The summed E-state index contributed by atoms with van der Waals surface area (Å²) < 4.78 is 5.02. The summed E-state index contributed by atoms with van der Waals surface area (Å²) in [7, 11) is 0. The molecule has 7 heteroatoms. The zero-order valence-corrected chi connectivity index (χ0v) is 13.1. The molecule has 2 rings (SSSR count). The van der Waals surface area contributed by atoms with Crippen LogP contribution in [0.1, 0.15) is 28.1 Å². The molecule has 0 saturated heterocycles. The minimum atomic E-state index is -0.591. The number of pyridine rings is 1. The summed E-state index contributed by atoms with van der Waals surface area (Å²) in [5.41, 5.74) is 3.34. The number of nitriles is 1. The van der Waals surface area contributed by atoms with E-state index in [0.717, 1.165) is 16.8 Å². The molecule has 22 heavy (non-hydrogen) atoms. The summed E-state index contributed by atoms with van der Waals surface area (Å²) in [5.74, 6) is 0.0702. The minimum absolute atomic E-state index is 0.303. The lowest BCUT2D eigenvalue weighted by Gasteiger charge is -2.09. The lowest BCUT2D eigenvalue weighted by Crippen LogP contribution is -1.98. The highest BCUT2D eigenvalue weighted by Crippen LogP contribution is 2.28. The van der Waals surface area contributed by atoms with E-state index in [9.17, 15) is 15.4 Å². The third-order valence-corrected chi connectivity index (χ3v) is 4.07. The summed E-state index contributed by atoms with van der Waals surface area (Å²) >= 11 is 1.28. The molecule has 0 amide bonds. The molecule has 0 saturated carbocycles. The van der Waals surface area contributed by atoms with Gasteiger partial charge >= 0.3 is 5.88 Å². The van der Waals surface area contributed by atoms with Crippen molar-refractivity contribution in [3.63, 3.8) is 0 Å². The molecule has 2 heterocycles. The van der Waals surface area contributed by atoms with Gasteiger partial charge in [0, 0.05) is 5.69 Å². The Labute approximate surface area is 131 Å². The molecule has 0 aliphatic carbocycles. The summed E-state index contributed by atoms with van der Waals surface area (Å²) in [6, 6.07) is 4.98. The zero-order valence-electron chi connectivity index (χ0n) is 12.3. The number of furan rings is 1.